The van der Waals surface area contributed by atoms with Crippen LogP contribution in [0.5, 0.6) is 0 Å². The van der Waals surface area contributed by atoms with E-state index in [9.17, 15) is 4.79 Å². The molecule has 1 aliphatic carbocycles. The Morgan fingerprint density at radius 2 is 2.17 bits per heavy atom. The van der Waals surface area contributed by atoms with Crippen molar-refractivity contribution in [3.63, 3.8) is 0 Å². The first-order valence-corrected chi connectivity index (χ1v) is 4.82. The first-order valence-electron chi connectivity index (χ1n) is 4.06. The molecule has 1 atom stereocenters. The van der Waals surface area contributed by atoms with E-state index in [2.05, 4.69) is 0 Å². The number of hydrogen-bond acceptors (Lipinski definition) is 1. The summed E-state index contributed by atoms with van der Waals surface area (Å²) in [7, 11) is 0. The van der Waals surface area contributed by atoms with Crippen molar-refractivity contribution in [2.24, 2.45) is 5.92 Å². The van der Waals surface area contributed by atoms with E-state index in [0.717, 1.165) is 12.0 Å². The SMILES string of the molecule is CC/C(C)=C/C(=O)C1CC1(Cl)Cl. The van der Waals surface area contributed by atoms with Crippen molar-refractivity contribution in [1.82, 2.24) is 0 Å². The molecule has 0 amide bonds. The van der Waals surface area contributed by atoms with Crippen molar-refractivity contribution in [3.05, 3.63) is 11.6 Å². The highest BCUT2D eigenvalue weighted by atomic mass is 35.5. The zero-order chi connectivity index (χ0) is 9.35. The maximum Gasteiger partial charge on any atom is 0.161 e. The Morgan fingerprint density at radius 3 is 2.50 bits per heavy atom. The van der Waals surface area contributed by atoms with E-state index in [1.165, 1.54) is 0 Å². The third kappa shape index (κ3) is 2.24. The van der Waals surface area contributed by atoms with E-state index in [1.54, 1.807) is 6.08 Å². The highest BCUT2D eigenvalue weighted by Crippen LogP contribution is 2.53. The Labute approximate surface area is 82.7 Å². The van der Waals surface area contributed by atoms with Crippen LogP contribution in [0.2, 0.25) is 0 Å². The van der Waals surface area contributed by atoms with Crippen LogP contribution in [0.25, 0.3) is 0 Å². The molecule has 1 rings (SSSR count). The van der Waals surface area contributed by atoms with Crippen molar-refractivity contribution in [3.8, 4) is 0 Å². The van der Waals surface area contributed by atoms with Gasteiger partial charge in [-0.3, -0.25) is 4.79 Å². The minimum atomic E-state index is -0.776. The molecular weight excluding hydrogens is 195 g/mol. The maximum atomic E-state index is 11.3. The first kappa shape index (κ1) is 10.1. The molecule has 0 spiro atoms. The lowest BCUT2D eigenvalue weighted by molar-refractivity contribution is -0.115. The van der Waals surface area contributed by atoms with Gasteiger partial charge in [0.2, 0.25) is 0 Å². The predicted molar refractivity (Wildman–Crippen MR) is 51.6 cm³/mol. The van der Waals surface area contributed by atoms with E-state index in [-0.39, 0.29) is 11.7 Å². The van der Waals surface area contributed by atoms with Crippen LogP contribution in [0.15, 0.2) is 11.6 Å². The van der Waals surface area contributed by atoms with E-state index in [0.29, 0.717) is 6.42 Å². The zero-order valence-electron chi connectivity index (χ0n) is 7.23. The number of hydrogen-bond donors (Lipinski definition) is 0. The maximum absolute atomic E-state index is 11.3. The van der Waals surface area contributed by atoms with Gasteiger partial charge in [0.05, 0.1) is 5.92 Å². The summed E-state index contributed by atoms with van der Waals surface area (Å²) >= 11 is 11.5. The summed E-state index contributed by atoms with van der Waals surface area (Å²) in [5.41, 5.74) is 1.08. The molecule has 0 aliphatic heterocycles. The van der Waals surface area contributed by atoms with Gasteiger partial charge in [-0.1, -0.05) is 12.5 Å². The monoisotopic (exact) mass is 206 g/mol. The van der Waals surface area contributed by atoms with Gasteiger partial charge in [0.1, 0.15) is 4.33 Å². The van der Waals surface area contributed by atoms with Gasteiger partial charge in [-0.25, -0.2) is 0 Å². The van der Waals surface area contributed by atoms with Crippen LogP contribution in [0, 0.1) is 5.92 Å². The van der Waals surface area contributed by atoms with E-state index in [1.807, 2.05) is 13.8 Å². The second kappa shape index (κ2) is 3.39. The normalized spacial score (nSPS) is 27.0. The third-order valence-corrected chi connectivity index (χ3v) is 2.95. The fraction of sp³-hybridized carbons (Fsp3) is 0.667. The summed E-state index contributed by atoms with van der Waals surface area (Å²) < 4.78 is -0.776. The van der Waals surface area contributed by atoms with E-state index >= 15 is 0 Å². The number of allylic oxidation sites excluding steroid dienone is 2. The summed E-state index contributed by atoms with van der Waals surface area (Å²) in [6, 6.07) is 0. The highest BCUT2D eigenvalue weighted by Gasteiger charge is 2.55. The summed E-state index contributed by atoms with van der Waals surface area (Å²) in [5.74, 6) is -0.0957. The molecule has 1 aliphatic rings. The van der Waals surface area contributed by atoms with Gasteiger partial charge >= 0.3 is 0 Å². The molecule has 1 saturated carbocycles. The lowest BCUT2D eigenvalue weighted by Gasteiger charge is -1.96. The molecule has 1 fully saturated rings. The predicted octanol–water partition coefficient (Wildman–Crippen LogP) is 3.11. The van der Waals surface area contributed by atoms with Crippen LogP contribution in [0.3, 0.4) is 0 Å². The molecular formula is C9H12Cl2O. The number of carbonyl (C=O) groups excluding carboxylic acids is 1. The van der Waals surface area contributed by atoms with Crippen molar-refractivity contribution in [2.75, 3.05) is 0 Å². The molecule has 0 aromatic rings. The second-order valence-electron chi connectivity index (χ2n) is 3.26. The summed E-state index contributed by atoms with van der Waals surface area (Å²) in [5, 5.41) is 0. The number of rotatable bonds is 3. The zero-order valence-corrected chi connectivity index (χ0v) is 8.74. The number of carbonyl (C=O) groups is 1. The lowest BCUT2D eigenvalue weighted by Crippen LogP contribution is -2.03. The first-order chi connectivity index (χ1) is 5.47. The standard InChI is InChI=1S/C9H12Cl2O/c1-3-6(2)4-8(12)7-5-9(7,10)11/h4,7H,3,5H2,1-2H3/b6-4+. The van der Waals surface area contributed by atoms with Crippen molar-refractivity contribution in [1.29, 1.82) is 0 Å². The molecule has 0 bridgehead atoms. The third-order valence-electron chi connectivity index (χ3n) is 2.12. The molecule has 0 N–H and O–H groups in total. The van der Waals surface area contributed by atoms with Crippen molar-refractivity contribution in [2.45, 2.75) is 31.0 Å². The average molecular weight is 207 g/mol. The number of alkyl halides is 2. The van der Waals surface area contributed by atoms with Crippen LogP contribution in [-0.4, -0.2) is 10.1 Å². The quantitative estimate of drug-likeness (QED) is 0.513. The number of halogens is 2. The summed E-state index contributed by atoms with van der Waals surface area (Å²) in [6.07, 6.45) is 3.15. The van der Waals surface area contributed by atoms with Gasteiger partial charge in [0, 0.05) is 0 Å². The van der Waals surface area contributed by atoms with Crippen LogP contribution >= 0.6 is 23.2 Å². The minimum absolute atomic E-state index is 0.0688. The lowest BCUT2D eigenvalue weighted by atomic mass is 10.1. The summed E-state index contributed by atoms with van der Waals surface area (Å²) in [6.45, 7) is 3.95. The van der Waals surface area contributed by atoms with Gasteiger partial charge in [-0.05, 0) is 25.8 Å². The highest BCUT2D eigenvalue weighted by molar-refractivity contribution is 6.52. The van der Waals surface area contributed by atoms with Gasteiger partial charge in [-0.15, -0.1) is 23.2 Å². The van der Waals surface area contributed by atoms with Gasteiger partial charge in [0.25, 0.3) is 0 Å². The van der Waals surface area contributed by atoms with Gasteiger partial charge in [0.15, 0.2) is 5.78 Å². The Bertz CT molecular complexity index is 231. The molecule has 68 valence electrons. The van der Waals surface area contributed by atoms with Crippen LogP contribution in [0.1, 0.15) is 26.7 Å². The fourth-order valence-electron chi connectivity index (χ4n) is 0.967. The van der Waals surface area contributed by atoms with Crippen LogP contribution in [-0.2, 0) is 4.79 Å². The molecule has 1 unspecified atom stereocenters. The molecule has 1 nitrogen and oxygen atoms in total. The van der Waals surface area contributed by atoms with Crippen LogP contribution < -0.4 is 0 Å². The molecule has 0 radical (unpaired) electrons. The Morgan fingerprint density at radius 1 is 1.67 bits per heavy atom. The van der Waals surface area contributed by atoms with Gasteiger partial charge < -0.3 is 0 Å². The molecule has 0 heterocycles. The topological polar surface area (TPSA) is 17.1 Å². The Balaban J connectivity index is 2.52. The smallest absolute Gasteiger partial charge is 0.161 e. The second-order valence-corrected chi connectivity index (χ2v) is 4.81. The molecule has 0 saturated heterocycles. The summed E-state index contributed by atoms with van der Waals surface area (Å²) in [4.78, 5) is 11.3. The van der Waals surface area contributed by atoms with Gasteiger partial charge in [-0.2, -0.15) is 0 Å². The minimum Gasteiger partial charge on any atom is -0.294 e. The molecule has 0 aromatic heterocycles. The molecule has 0 aromatic carbocycles. The fourth-order valence-corrected chi connectivity index (χ4v) is 1.49. The Hall–Kier alpha value is -0.0100. The Kier molecular flexibility index (Phi) is 2.84. The van der Waals surface area contributed by atoms with E-state index in [4.69, 9.17) is 23.2 Å². The van der Waals surface area contributed by atoms with Crippen molar-refractivity contribution >= 4 is 29.0 Å². The molecule has 3 heteroatoms. The van der Waals surface area contributed by atoms with E-state index < -0.39 is 4.33 Å². The largest absolute Gasteiger partial charge is 0.294 e. The number of ketones is 1. The molecule has 12 heavy (non-hydrogen) atoms. The van der Waals surface area contributed by atoms with Crippen LogP contribution in [0.4, 0.5) is 0 Å². The average Bonchev–Trinajstić information content (AvgIpc) is 2.59. The van der Waals surface area contributed by atoms with Crippen molar-refractivity contribution < 1.29 is 4.79 Å².